The van der Waals surface area contributed by atoms with Crippen LogP contribution in [0.15, 0.2) is 23.4 Å². The summed E-state index contributed by atoms with van der Waals surface area (Å²) in [4.78, 5) is 4.09. The average molecular weight is 268 g/mol. The molecule has 0 saturated heterocycles. The van der Waals surface area contributed by atoms with Crippen LogP contribution in [-0.2, 0) is 9.84 Å². The van der Waals surface area contributed by atoms with Crippen molar-refractivity contribution in [1.82, 2.24) is 14.6 Å². The molecule has 18 heavy (non-hydrogen) atoms. The van der Waals surface area contributed by atoms with Crippen molar-refractivity contribution in [2.75, 3.05) is 11.5 Å². The van der Waals surface area contributed by atoms with Gasteiger partial charge in [0.25, 0.3) is 0 Å². The zero-order valence-electron chi connectivity index (χ0n) is 10.2. The molecule has 0 aromatic carbocycles. The van der Waals surface area contributed by atoms with Gasteiger partial charge < -0.3 is 5.73 Å². The molecule has 0 fully saturated rings. The fourth-order valence-electron chi connectivity index (χ4n) is 1.83. The fraction of sp³-hybridized carbons (Fsp3) is 0.455. The Morgan fingerprint density at radius 3 is 2.89 bits per heavy atom. The van der Waals surface area contributed by atoms with Crippen LogP contribution in [0.2, 0.25) is 0 Å². The summed E-state index contributed by atoms with van der Waals surface area (Å²) in [7, 11) is -3.42. The lowest BCUT2D eigenvalue weighted by Gasteiger charge is -2.02. The number of hydrogen-bond acceptors (Lipinski definition) is 5. The lowest BCUT2D eigenvalue weighted by Crippen LogP contribution is -2.09. The highest BCUT2D eigenvalue weighted by atomic mass is 32.2. The van der Waals surface area contributed by atoms with Crippen molar-refractivity contribution < 1.29 is 8.42 Å². The van der Waals surface area contributed by atoms with Gasteiger partial charge in [-0.2, -0.15) is 0 Å². The molecule has 0 aliphatic rings. The van der Waals surface area contributed by atoms with Crippen molar-refractivity contribution in [3.63, 3.8) is 0 Å². The molecule has 0 atom stereocenters. The third kappa shape index (κ3) is 2.31. The van der Waals surface area contributed by atoms with Crippen LogP contribution < -0.4 is 5.73 Å². The number of anilines is 1. The van der Waals surface area contributed by atoms with Gasteiger partial charge in [0.05, 0.1) is 5.75 Å². The molecule has 0 spiro atoms. The minimum atomic E-state index is -3.42. The van der Waals surface area contributed by atoms with Gasteiger partial charge in [-0.15, -0.1) is 5.10 Å². The second-order valence-electron chi connectivity index (χ2n) is 4.13. The number of rotatable bonds is 5. The van der Waals surface area contributed by atoms with E-state index in [0.717, 1.165) is 12.8 Å². The summed E-state index contributed by atoms with van der Waals surface area (Å²) in [6.45, 7) is 2.03. The van der Waals surface area contributed by atoms with E-state index in [9.17, 15) is 8.42 Å². The second-order valence-corrected chi connectivity index (χ2v) is 6.17. The molecule has 0 saturated carbocycles. The van der Waals surface area contributed by atoms with Crippen LogP contribution in [0, 0.1) is 0 Å². The van der Waals surface area contributed by atoms with Crippen LogP contribution in [0.5, 0.6) is 0 Å². The van der Waals surface area contributed by atoms with Gasteiger partial charge in [0, 0.05) is 12.4 Å². The van der Waals surface area contributed by atoms with E-state index in [1.807, 2.05) is 6.92 Å². The lowest BCUT2D eigenvalue weighted by atomic mass is 10.3. The number of fused-ring (bicyclic) bond motifs is 1. The van der Waals surface area contributed by atoms with E-state index in [4.69, 9.17) is 5.73 Å². The van der Waals surface area contributed by atoms with Gasteiger partial charge in [-0.25, -0.2) is 17.9 Å². The summed E-state index contributed by atoms with van der Waals surface area (Å²) >= 11 is 0. The second kappa shape index (κ2) is 4.93. The molecule has 2 aromatic rings. The fourth-order valence-corrected chi connectivity index (χ4v) is 3.40. The molecule has 0 bridgehead atoms. The molecule has 0 amide bonds. The lowest BCUT2D eigenvalue weighted by molar-refractivity contribution is 0.592. The Bertz CT molecular complexity index is 648. The molecule has 2 heterocycles. The van der Waals surface area contributed by atoms with Gasteiger partial charge in [-0.05, 0) is 12.5 Å². The van der Waals surface area contributed by atoms with Gasteiger partial charge in [-0.3, -0.25) is 0 Å². The topological polar surface area (TPSA) is 90.3 Å². The summed E-state index contributed by atoms with van der Waals surface area (Å²) < 4.78 is 25.9. The van der Waals surface area contributed by atoms with E-state index in [-0.39, 0.29) is 16.5 Å². The molecule has 2 aromatic heterocycles. The van der Waals surface area contributed by atoms with Crippen molar-refractivity contribution in [3.05, 3.63) is 18.5 Å². The minimum Gasteiger partial charge on any atom is -0.381 e. The summed E-state index contributed by atoms with van der Waals surface area (Å²) in [5.74, 6) is 0.105. The molecule has 2 N–H and O–H groups in total. The number of unbranched alkanes of at least 4 members (excludes halogenated alkanes) is 2. The maximum atomic E-state index is 12.2. The largest absolute Gasteiger partial charge is 0.381 e. The Balaban J connectivity index is 2.43. The third-order valence-corrected chi connectivity index (χ3v) is 4.55. The first-order valence-electron chi connectivity index (χ1n) is 5.88. The van der Waals surface area contributed by atoms with Crippen molar-refractivity contribution in [3.8, 4) is 0 Å². The molecule has 0 radical (unpaired) electrons. The average Bonchev–Trinajstić information content (AvgIpc) is 2.65. The van der Waals surface area contributed by atoms with E-state index < -0.39 is 9.84 Å². The number of sulfone groups is 1. The Kier molecular flexibility index (Phi) is 3.51. The van der Waals surface area contributed by atoms with E-state index in [1.54, 1.807) is 12.3 Å². The molecule has 98 valence electrons. The molecule has 0 aliphatic carbocycles. The quantitative estimate of drug-likeness (QED) is 0.825. The maximum absolute atomic E-state index is 12.2. The molecular weight excluding hydrogens is 252 g/mol. The minimum absolute atomic E-state index is 0.0187. The van der Waals surface area contributed by atoms with Gasteiger partial charge in [-0.1, -0.05) is 19.8 Å². The van der Waals surface area contributed by atoms with Crippen molar-refractivity contribution in [2.45, 2.75) is 31.1 Å². The Hall–Kier alpha value is -1.63. The summed E-state index contributed by atoms with van der Waals surface area (Å²) in [6, 6.07) is 1.67. The summed E-state index contributed by atoms with van der Waals surface area (Å²) in [5.41, 5.74) is 5.99. The van der Waals surface area contributed by atoms with Crippen LogP contribution in [0.4, 0.5) is 5.82 Å². The van der Waals surface area contributed by atoms with Crippen molar-refractivity contribution in [2.24, 2.45) is 0 Å². The van der Waals surface area contributed by atoms with Gasteiger partial charge in [0.1, 0.15) is 0 Å². The Labute approximate surface area is 106 Å². The van der Waals surface area contributed by atoms with Gasteiger partial charge in [0.15, 0.2) is 26.2 Å². The van der Waals surface area contributed by atoms with E-state index in [0.29, 0.717) is 12.1 Å². The Morgan fingerprint density at radius 1 is 1.39 bits per heavy atom. The molecule has 2 rings (SSSR count). The standard InChI is InChI=1S/C11H16N4O2S/c1-2-3-4-8-18(16,17)9-10(12)14-15-7-5-6-13-11(9)15/h5-7H,2-4,8H2,1H3,(H2,12,14). The smallest absolute Gasteiger partial charge is 0.185 e. The number of nitrogen functional groups attached to an aromatic ring is 1. The number of nitrogens with zero attached hydrogens (tertiary/aromatic N) is 3. The predicted octanol–water partition coefficient (Wildman–Crippen LogP) is 1.28. The highest BCUT2D eigenvalue weighted by Gasteiger charge is 2.24. The molecule has 0 aliphatic heterocycles. The van der Waals surface area contributed by atoms with Gasteiger partial charge in [0.2, 0.25) is 0 Å². The number of hydrogen-bond donors (Lipinski definition) is 1. The van der Waals surface area contributed by atoms with Crippen LogP contribution in [0.1, 0.15) is 26.2 Å². The first-order chi connectivity index (χ1) is 8.56. The Morgan fingerprint density at radius 2 is 2.17 bits per heavy atom. The van der Waals surface area contributed by atoms with Crippen LogP contribution >= 0.6 is 0 Å². The maximum Gasteiger partial charge on any atom is 0.185 e. The summed E-state index contributed by atoms with van der Waals surface area (Å²) in [5, 5.41) is 3.96. The molecule has 0 unspecified atom stereocenters. The van der Waals surface area contributed by atoms with E-state index in [2.05, 4.69) is 10.1 Å². The summed E-state index contributed by atoms with van der Waals surface area (Å²) in [6.07, 6.45) is 5.64. The van der Waals surface area contributed by atoms with E-state index >= 15 is 0 Å². The third-order valence-electron chi connectivity index (χ3n) is 2.71. The molecular formula is C11H16N4O2S. The van der Waals surface area contributed by atoms with Gasteiger partial charge >= 0.3 is 0 Å². The monoisotopic (exact) mass is 268 g/mol. The van der Waals surface area contributed by atoms with Crippen LogP contribution in [0.3, 0.4) is 0 Å². The van der Waals surface area contributed by atoms with E-state index in [1.165, 1.54) is 10.7 Å². The number of aromatic nitrogens is 3. The first-order valence-corrected chi connectivity index (χ1v) is 7.53. The van der Waals surface area contributed by atoms with Crippen LogP contribution in [-0.4, -0.2) is 28.8 Å². The first kappa shape index (κ1) is 12.8. The zero-order valence-corrected chi connectivity index (χ0v) is 11.0. The highest BCUT2D eigenvalue weighted by molar-refractivity contribution is 7.91. The molecule has 6 nitrogen and oxygen atoms in total. The predicted molar refractivity (Wildman–Crippen MR) is 69.0 cm³/mol. The zero-order chi connectivity index (χ0) is 13.2. The SMILES string of the molecule is CCCCCS(=O)(=O)c1c(N)nn2cccnc12. The molecule has 7 heteroatoms. The number of nitrogens with two attached hydrogens (primary N) is 1. The highest BCUT2D eigenvalue weighted by Crippen LogP contribution is 2.23. The van der Waals surface area contributed by atoms with Crippen molar-refractivity contribution >= 4 is 21.3 Å². The normalized spacial score (nSPS) is 12.1. The van der Waals surface area contributed by atoms with Crippen LogP contribution in [0.25, 0.3) is 5.65 Å². The van der Waals surface area contributed by atoms with Crippen molar-refractivity contribution in [1.29, 1.82) is 0 Å².